The Kier molecular flexibility index (Phi) is 5.75. The first-order valence-electron chi connectivity index (χ1n) is 7.35. The topological polar surface area (TPSA) is 24.5 Å². The molecule has 1 heterocycles. The molecular weight excluding hydrogens is 212 g/mol. The van der Waals surface area contributed by atoms with Gasteiger partial charge in [-0.3, -0.25) is 0 Å². The molecule has 1 aliphatic heterocycles. The van der Waals surface area contributed by atoms with Gasteiger partial charge in [0, 0.05) is 6.54 Å². The monoisotopic (exact) mass is 240 g/mol. The molecule has 0 spiro atoms. The van der Waals surface area contributed by atoms with Gasteiger partial charge in [0.2, 0.25) is 0 Å². The van der Waals surface area contributed by atoms with Crippen LogP contribution < -0.4 is 5.32 Å². The molecule has 0 unspecified atom stereocenters. The van der Waals surface area contributed by atoms with E-state index in [-0.39, 0.29) is 0 Å². The number of nitrogens with zero attached hydrogens (tertiary/aromatic N) is 1. The number of rotatable bonds is 6. The molecule has 1 saturated heterocycles. The van der Waals surface area contributed by atoms with Crippen molar-refractivity contribution in [1.29, 1.82) is 0 Å². The average Bonchev–Trinajstić information content (AvgIpc) is 2.84. The molecule has 0 amide bonds. The molecule has 3 heteroatoms. The number of ether oxygens (including phenoxy) is 1. The van der Waals surface area contributed by atoms with Crippen molar-refractivity contribution >= 4 is 0 Å². The third-order valence-electron chi connectivity index (χ3n) is 4.21. The second-order valence-electron chi connectivity index (χ2n) is 5.73. The van der Waals surface area contributed by atoms with E-state index in [1.54, 1.807) is 0 Å². The average molecular weight is 240 g/mol. The van der Waals surface area contributed by atoms with E-state index in [1.807, 2.05) is 0 Å². The van der Waals surface area contributed by atoms with Crippen molar-refractivity contribution in [2.75, 3.05) is 39.8 Å². The van der Waals surface area contributed by atoms with Crippen molar-refractivity contribution < 1.29 is 4.74 Å². The second-order valence-corrected chi connectivity index (χ2v) is 5.73. The zero-order chi connectivity index (χ0) is 11.9. The number of hydrogen-bond donors (Lipinski definition) is 1. The van der Waals surface area contributed by atoms with Gasteiger partial charge >= 0.3 is 0 Å². The second kappa shape index (κ2) is 7.34. The Balaban J connectivity index is 1.43. The first kappa shape index (κ1) is 13.3. The summed E-state index contributed by atoms with van der Waals surface area (Å²) in [5.74, 6) is 0.887. The third-order valence-corrected chi connectivity index (χ3v) is 4.21. The van der Waals surface area contributed by atoms with Crippen LogP contribution >= 0.6 is 0 Å². The van der Waals surface area contributed by atoms with Crippen molar-refractivity contribution in [1.82, 2.24) is 10.2 Å². The van der Waals surface area contributed by atoms with Crippen LogP contribution in [0.2, 0.25) is 0 Å². The molecule has 0 atom stereocenters. The molecule has 3 nitrogen and oxygen atoms in total. The first-order valence-corrected chi connectivity index (χ1v) is 7.35. The maximum Gasteiger partial charge on any atom is 0.0594 e. The molecule has 100 valence electrons. The fraction of sp³-hybridized carbons (Fsp3) is 1.00. The van der Waals surface area contributed by atoms with Gasteiger partial charge in [0.1, 0.15) is 0 Å². The SMILES string of the molecule is CN1CCC(CNCCOC2CCCC2)CC1. The summed E-state index contributed by atoms with van der Waals surface area (Å²) in [7, 11) is 2.22. The van der Waals surface area contributed by atoms with E-state index < -0.39 is 0 Å². The summed E-state index contributed by atoms with van der Waals surface area (Å²) >= 11 is 0. The maximum atomic E-state index is 5.84. The summed E-state index contributed by atoms with van der Waals surface area (Å²) in [6.45, 7) is 5.65. The van der Waals surface area contributed by atoms with Crippen molar-refractivity contribution in [3.63, 3.8) is 0 Å². The van der Waals surface area contributed by atoms with E-state index in [0.29, 0.717) is 6.10 Å². The van der Waals surface area contributed by atoms with Gasteiger partial charge in [-0.25, -0.2) is 0 Å². The Morgan fingerprint density at radius 1 is 1.12 bits per heavy atom. The molecule has 17 heavy (non-hydrogen) atoms. The first-order chi connectivity index (χ1) is 8.34. The number of hydrogen-bond acceptors (Lipinski definition) is 3. The molecule has 2 aliphatic rings. The van der Waals surface area contributed by atoms with Crippen molar-refractivity contribution in [2.24, 2.45) is 5.92 Å². The lowest BCUT2D eigenvalue weighted by molar-refractivity contribution is 0.0595. The van der Waals surface area contributed by atoms with E-state index in [2.05, 4.69) is 17.3 Å². The van der Waals surface area contributed by atoms with Gasteiger partial charge in [-0.15, -0.1) is 0 Å². The highest BCUT2D eigenvalue weighted by atomic mass is 16.5. The number of nitrogens with one attached hydrogen (secondary N) is 1. The fourth-order valence-electron chi connectivity index (χ4n) is 2.93. The standard InChI is InChI=1S/C14H28N2O/c1-16-9-6-13(7-10-16)12-15-8-11-17-14-4-2-3-5-14/h13-15H,2-12H2,1H3. The van der Waals surface area contributed by atoms with Crippen LogP contribution in [0.5, 0.6) is 0 Å². The molecular formula is C14H28N2O. The molecule has 2 rings (SSSR count). The van der Waals surface area contributed by atoms with E-state index in [4.69, 9.17) is 4.74 Å². The minimum absolute atomic E-state index is 0.570. The zero-order valence-electron chi connectivity index (χ0n) is 11.3. The highest BCUT2D eigenvalue weighted by molar-refractivity contribution is 4.72. The highest BCUT2D eigenvalue weighted by Gasteiger charge is 2.16. The predicted octanol–water partition coefficient (Wildman–Crippen LogP) is 1.88. The third kappa shape index (κ3) is 4.94. The maximum absolute atomic E-state index is 5.84. The Hall–Kier alpha value is -0.120. The molecule has 0 aromatic heterocycles. The van der Waals surface area contributed by atoms with Gasteiger partial charge in [0.05, 0.1) is 12.7 Å². The van der Waals surface area contributed by atoms with Gasteiger partial charge in [0.25, 0.3) is 0 Å². The molecule has 1 saturated carbocycles. The van der Waals surface area contributed by atoms with Crippen molar-refractivity contribution in [2.45, 2.75) is 44.6 Å². The quantitative estimate of drug-likeness (QED) is 0.717. The molecule has 1 aliphatic carbocycles. The molecule has 0 radical (unpaired) electrons. The van der Waals surface area contributed by atoms with E-state index in [0.717, 1.165) is 19.1 Å². The molecule has 0 aromatic rings. The van der Waals surface area contributed by atoms with Crippen LogP contribution in [-0.4, -0.2) is 50.8 Å². The fourth-order valence-corrected chi connectivity index (χ4v) is 2.93. The summed E-state index contributed by atoms with van der Waals surface area (Å²) in [5, 5.41) is 3.55. The van der Waals surface area contributed by atoms with Crippen LogP contribution in [0.4, 0.5) is 0 Å². The minimum atomic E-state index is 0.570. The summed E-state index contributed by atoms with van der Waals surface area (Å²) in [4.78, 5) is 2.43. The lowest BCUT2D eigenvalue weighted by Crippen LogP contribution is -2.36. The van der Waals surface area contributed by atoms with Gasteiger partial charge in [-0.05, 0) is 58.3 Å². The molecule has 0 bridgehead atoms. The Morgan fingerprint density at radius 2 is 1.82 bits per heavy atom. The Labute approximate surface area is 106 Å². The van der Waals surface area contributed by atoms with Gasteiger partial charge in [-0.1, -0.05) is 12.8 Å². The van der Waals surface area contributed by atoms with Crippen molar-refractivity contribution in [3.8, 4) is 0 Å². The normalized spacial score (nSPS) is 24.5. The van der Waals surface area contributed by atoms with E-state index in [1.165, 1.54) is 58.2 Å². The molecule has 2 fully saturated rings. The molecule has 1 N–H and O–H groups in total. The van der Waals surface area contributed by atoms with Crippen LogP contribution in [0.15, 0.2) is 0 Å². The summed E-state index contributed by atoms with van der Waals surface area (Å²) in [5.41, 5.74) is 0. The van der Waals surface area contributed by atoms with E-state index >= 15 is 0 Å². The van der Waals surface area contributed by atoms with Crippen LogP contribution in [0, 0.1) is 5.92 Å². The predicted molar refractivity (Wildman–Crippen MR) is 71.3 cm³/mol. The number of likely N-dealkylation sites (tertiary alicyclic amines) is 1. The highest BCUT2D eigenvalue weighted by Crippen LogP contribution is 2.20. The van der Waals surface area contributed by atoms with E-state index in [9.17, 15) is 0 Å². The van der Waals surface area contributed by atoms with Crippen LogP contribution in [0.1, 0.15) is 38.5 Å². The van der Waals surface area contributed by atoms with Crippen LogP contribution in [-0.2, 0) is 4.74 Å². The van der Waals surface area contributed by atoms with Gasteiger partial charge < -0.3 is 15.0 Å². The molecule has 0 aromatic carbocycles. The lowest BCUT2D eigenvalue weighted by Gasteiger charge is -2.29. The van der Waals surface area contributed by atoms with Gasteiger partial charge in [0.15, 0.2) is 0 Å². The van der Waals surface area contributed by atoms with Crippen LogP contribution in [0.3, 0.4) is 0 Å². The number of piperidine rings is 1. The summed E-state index contributed by atoms with van der Waals surface area (Å²) in [6, 6.07) is 0. The van der Waals surface area contributed by atoms with Crippen molar-refractivity contribution in [3.05, 3.63) is 0 Å². The summed E-state index contributed by atoms with van der Waals surface area (Å²) < 4.78 is 5.84. The Bertz CT molecular complexity index is 196. The lowest BCUT2D eigenvalue weighted by atomic mass is 9.97. The Morgan fingerprint density at radius 3 is 2.53 bits per heavy atom. The largest absolute Gasteiger partial charge is 0.377 e. The minimum Gasteiger partial charge on any atom is -0.377 e. The smallest absolute Gasteiger partial charge is 0.0594 e. The van der Waals surface area contributed by atoms with Crippen LogP contribution in [0.25, 0.3) is 0 Å². The summed E-state index contributed by atoms with van der Waals surface area (Å²) in [6.07, 6.45) is 8.59. The van der Waals surface area contributed by atoms with Gasteiger partial charge in [-0.2, -0.15) is 0 Å². The zero-order valence-corrected chi connectivity index (χ0v) is 11.3.